The summed E-state index contributed by atoms with van der Waals surface area (Å²) in [6.07, 6.45) is 3.90. The van der Waals surface area contributed by atoms with Crippen molar-refractivity contribution in [1.29, 1.82) is 0 Å². The molecule has 1 saturated carbocycles. The molecular formula is C33H34F4N4O3. The van der Waals surface area contributed by atoms with Crippen molar-refractivity contribution in [2.45, 2.75) is 70.7 Å². The Labute approximate surface area is 252 Å². The van der Waals surface area contributed by atoms with Crippen LogP contribution in [0.5, 0.6) is 5.75 Å². The molecule has 2 aliphatic rings. The minimum atomic E-state index is -0.927. The number of carboxylic acids is 1. The summed E-state index contributed by atoms with van der Waals surface area (Å²) in [7, 11) is 0. The fraction of sp³-hybridized carbons (Fsp3) is 0.424. The third kappa shape index (κ3) is 6.09. The van der Waals surface area contributed by atoms with Gasteiger partial charge in [-0.15, -0.1) is 0 Å². The number of ether oxygens (including phenoxy) is 1. The van der Waals surface area contributed by atoms with Gasteiger partial charge in [-0.3, -0.25) is 9.78 Å². The summed E-state index contributed by atoms with van der Waals surface area (Å²) in [6.45, 7) is 2.13. The Bertz CT molecular complexity index is 1660. The van der Waals surface area contributed by atoms with Crippen LogP contribution < -0.4 is 9.64 Å². The molecule has 4 aromatic rings. The molecule has 3 heterocycles. The van der Waals surface area contributed by atoms with Crippen molar-refractivity contribution < 1.29 is 32.2 Å². The second-order valence-electron chi connectivity index (χ2n) is 11.8. The van der Waals surface area contributed by atoms with E-state index in [1.54, 1.807) is 40.8 Å². The van der Waals surface area contributed by atoms with Crippen LogP contribution in [0.3, 0.4) is 0 Å². The Balaban J connectivity index is 1.37. The molecule has 2 aromatic carbocycles. The van der Waals surface area contributed by atoms with Gasteiger partial charge in [-0.2, -0.15) is 0 Å². The van der Waals surface area contributed by atoms with Crippen LogP contribution in [0.25, 0.3) is 11.0 Å². The van der Waals surface area contributed by atoms with E-state index in [0.29, 0.717) is 72.6 Å². The van der Waals surface area contributed by atoms with Gasteiger partial charge in [0.2, 0.25) is 0 Å². The number of aryl methyl sites for hydroxylation is 1. The van der Waals surface area contributed by atoms with Gasteiger partial charge in [0.15, 0.2) is 0 Å². The number of benzene rings is 2. The summed E-state index contributed by atoms with van der Waals surface area (Å²) >= 11 is 0. The number of fused-ring (bicyclic) bond motifs is 1. The highest BCUT2D eigenvalue weighted by Crippen LogP contribution is 2.40. The van der Waals surface area contributed by atoms with Crippen molar-refractivity contribution in [3.8, 4) is 5.75 Å². The van der Waals surface area contributed by atoms with Crippen LogP contribution in [-0.2, 0) is 17.9 Å². The number of rotatable bonds is 8. The van der Waals surface area contributed by atoms with Crippen molar-refractivity contribution in [1.82, 2.24) is 14.5 Å². The zero-order chi connectivity index (χ0) is 31.0. The highest BCUT2D eigenvalue weighted by molar-refractivity contribution is 5.79. The van der Waals surface area contributed by atoms with Gasteiger partial charge >= 0.3 is 5.97 Å². The predicted octanol–water partition coefficient (Wildman–Crippen LogP) is 7.08. The molecule has 1 saturated heterocycles. The predicted molar refractivity (Wildman–Crippen MR) is 157 cm³/mol. The van der Waals surface area contributed by atoms with E-state index in [1.165, 1.54) is 18.2 Å². The SMILES string of the molecule is Cc1cnc(COc2ccc3nc(C4CCCCC4C(=O)O)n(Cc4c(F)cc(N5CCC(F)CC5)cc4F)c3c2)c(F)c1. The number of anilines is 1. The minimum Gasteiger partial charge on any atom is -0.487 e. The Morgan fingerprint density at radius 3 is 2.43 bits per heavy atom. The van der Waals surface area contributed by atoms with Crippen molar-refractivity contribution in [3.63, 3.8) is 0 Å². The number of aromatic nitrogens is 3. The first kappa shape index (κ1) is 29.9. The lowest BCUT2D eigenvalue weighted by Crippen LogP contribution is -2.34. The molecule has 1 aliphatic carbocycles. The minimum absolute atomic E-state index is 0.132. The first-order chi connectivity index (χ1) is 21.2. The maximum atomic E-state index is 15.6. The van der Waals surface area contributed by atoms with E-state index in [-0.39, 0.29) is 24.4 Å². The zero-order valence-electron chi connectivity index (χ0n) is 24.4. The van der Waals surface area contributed by atoms with Crippen LogP contribution in [0.4, 0.5) is 23.2 Å². The Kier molecular flexibility index (Phi) is 8.46. The van der Waals surface area contributed by atoms with Crippen molar-refractivity contribution in [2.24, 2.45) is 5.92 Å². The van der Waals surface area contributed by atoms with Crippen LogP contribution in [0, 0.1) is 30.3 Å². The molecule has 0 radical (unpaired) electrons. The van der Waals surface area contributed by atoms with Gasteiger partial charge < -0.3 is 19.3 Å². The zero-order valence-corrected chi connectivity index (χ0v) is 24.4. The molecular weight excluding hydrogens is 576 g/mol. The third-order valence-corrected chi connectivity index (χ3v) is 8.83. The van der Waals surface area contributed by atoms with Crippen LogP contribution in [0.2, 0.25) is 0 Å². The number of hydrogen-bond donors (Lipinski definition) is 1. The second-order valence-corrected chi connectivity index (χ2v) is 11.8. The van der Waals surface area contributed by atoms with Crippen molar-refractivity contribution in [2.75, 3.05) is 18.0 Å². The number of aliphatic carboxylic acids is 1. The summed E-state index contributed by atoms with van der Waals surface area (Å²) in [5.74, 6) is -3.22. The van der Waals surface area contributed by atoms with E-state index >= 15 is 8.78 Å². The van der Waals surface area contributed by atoms with Gasteiger partial charge in [-0.1, -0.05) is 12.8 Å². The van der Waals surface area contributed by atoms with Crippen LogP contribution in [-0.4, -0.2) is 44.9 Å². The van der Waals surface area contributed by atoms with E-state index in [9.17, 15) is 18.7 Å². The number of alkyl halides is 1. The summed E-state index contributed by atoms with van der Waals surface area (Å²) in [5.41, 5.74) is 2.03. The lowest BCUT2D eigenvalue weighted by Gasteiger charge is -2.31. The molecule has 2 unspecified atom stereocenters. The molecule has 1 N–H and O–H groups in total. The summed E-state index contributed by atoms with van der Waals surface area (Å²) in [5, 5.41) is 10.0. The van der Waals surface area contributed by atoms with Gasteiger partial charge in [0.1, 0.15) is 47.5 Å². The van der Waals surface area contributed by atoms with E-state index in [0.717, 1.165) is 12.8 Å². The number of carboxylic acid groups (broad SMARTS) is 1. The molecule has 2 fully saturated rings. The fourth-order valence-corrected chi connectivity index (χ4v) is 6.40. The number of imidazole rings is 1. The molecule has 0 bridgehead atoms. The largest absolute Gasteiger partial charge is 0.487 e. The average molecular weight is 611 g/mol. The number of carbonyl (C=O) groups is 1. The standard InChI is InChI=1S/C33H34F4N4O3/c1-19-12-28(37)30(38-16-19)18-44-22-6-7-29-31(15-22)41(32(39-29)23-4-2-3-5-24(23)33(42)43)17-25-26(35)13-21(14-27(25)36)40-10-8-20(34)9-11-40/h6-7,12-16,20,23-24H,2-5,8-11,17-18H2,1H3,(H,42,43). The Hall–Kier alpha value is -4.15. The number of nitrogens with zero attached hydrogens (tertiary/aromatic N) is 4. The van der Waals surface area contributed by atoms with Gasteiger partial charge in [0.05, 0.1) is 23.5 Å². The third-order valence-electron chi connectivity index (χ3n) is 8.83. The molecule has 0 spiro atoms. The van der Waals surface area contributed by atoms with Gasteiger partial charge in [0.25, 0.3) is 0 Å². The molecule has 11 heteroatoms. The average Bonchev–Trinajstić information content (AvgIpc) is 3.36. The van der Waals surface area contributed by atoms with Gasteiger partial charge in [-0.25, -0.2) is 22.5 Å². The van der Waals surface area contributed by atoms with Crippen LogP contribution in [0.1, 0.15) is 67.1 Å². The topological polar surface area (TPSA) is 80.5 Å². The molecule has 7 nitrogen and oxygen atoms in total. The fourth-order valence-electron chi connectivity index (χ4n) is 6.40. The summed E-state index contributed by atoms with van der Waals surface area (Å²) in [6, 6.07) is 8.95. The van der Waals surface area contributed by atoms with Gasteiger partial charge in [-0.05, 0) is 68.5 Å². The van der Waals surface area contributed by atoms with Crippen LogP contribution in [0.15, 0.2) is 42.6 Å². The van der Waals surface area contributed by atoms with Crippen LogP contribution >= 0.6 is 0 Å². The molecule has 2 atom stereocenters. The first-order valence-electron chi connectivity index (χ1n) is 15.0. The molecule has 1 aliphatic heterocycles. The smallest absolute Gasteiger partial charge is 0.307 e. The molecule has 44 heavy (non-hydrogen) atoms. The van der Waals surface area contributed by atoms with Crippen molar-refractivity contribution in [3.05, 3.63) is 82.7 Å². The highest BCUT2D eigenvalue weighted by atomic mass is 19.1. The molecule has 232 valence electrons. The quantitative estimate of drug-likeness (QED) is 0.215. The summed E-state index contributed by atoms with van der Waals surface area (Å²) in [4.78, 5) is 22.9. The van der Waals surface area contributed by atoms with E-state index in [1.807, 2.05) is 0 Å². The molecule has 0 amide bonds. The van der Waals surface area contributed by atoms with E-state index in [2.05, 4.69) is 4.98 Å². The number of pyridine rings is 1. The van der Waals surface area contributed by atoms with E-state index < -0.39 is 41.4 Å². The Morgan fingerprint density at radius 2 is 1.73 bits per heavy atom. The maximum Gasteiger partial charge on any atom is 0.307 e. The summed E-state index contributed by atoms with van der Waals surface area (Å²) < 4.78 is 66.8. The normalized spacial score (nSPS) is 19.4. The highest BCUT2D eigenvalue weighted by Gasteiger charge is 2.36. The Morgan fingerprint density at radius 1 is 1.00 bits per heavy atom. The second kappa shape index (κ2) is 12.5. The number of halogens is 4. The lowest BCUT2D eigenvalue weighted by molar-refractivity contribution is -0.143. The number of hydrogen-bond acceptors (Lipinski definition) is 5. The number of piperidine rings is 1. The molecule has 2 aromatic heterocycles. The molecule has 6 rings (SSSR count). The van der Waals surface area contributed by atoms with Gasteiger partial charge in [0, 0.05) is 42.5 Å². The van der Waals surface area contributed by atoms with Crippen molar-refractivity contribution >= 4 is 22.7 Å². The monoisotopic (exact) mass is 610 g/mol. The first-order valence-corrected chi connectivity index (χ1v) is 15.0. The lowest BCUT2D eigenvalue weighted by atomic mass is 9.78. The maximum absolute atomic E-state index is 15.6. The van der Waals surface area contributed by atoms with E-state index in [4.69, 9.17) is 9.72 Å².